The molecular formula is C3H9AlBr. The van der Waals surface area contributed by atoms with Crippen LogP contribution in [-0.2, 0) is 0 Å². The average molecular weight is 152 g/mol. The van der Waals surface area contributed by atoms with Crippen molar-refractivity contribution in [2.24, 2.45) is 0 Å². The van der Waals surface area contributed by atoms with Crippen LogP contribution in [0.3, 0.4) is 0 Å². The van der Waals surface area contributed by atoms with Gasteiger partial charge in [-0.25, -0.2) is 0 Å². The molecule has 0 aliphatic carbocycles. The van der Waals surface area contributed by atoms with E-state index in [2.05, 4.69) is 15.9 Å². The molecule has 0 unspecified atom stereocenters. The quantitative estimate of drug-likeness (QED) is 0.377. The van der Waals surface area contributed by atoms with Crippen LogP contribution in [0.5, 0.6) is 0 Å². The molecule has 0 rings (SSSR count). The summed E-state index contributed by atoms with van der Waals surface area (Å²) in [6, 6.07) is 0. The van der Waals surface area contributed by atoms with Crippen molar-refractivity contribution in [2.45, 2.75) is 6.92 Å². The number of halogens is 1. The van der Waals surface area contributed by atoms with Gasteiger partial charge in [0, 0.05) is 5.33 Å². The van der Waals surface area contributed by atoms with Crippen LogP contribution in [0.2, 0.25) is 0 Å². The second-order valence-electron chi connectivity index (χ2n) is 0.563. The van der Waals surface area contributed by atoms with E-state index in [4.69, 9.17) is 0 Å². The average Bonchev–Trinajstić information content (AvgIpc) is 1.37. The highest BCUT2D eigenvalue weighted by Crippen LogP contribution is 1.78. The number of hydrogen-bond donors (Lipinski definition) is 0. The van der Waals surface area contributed by atoms with Gasteiger partial charge in [-0.1, -0.05) is 22.9 Å². The Morgan fingerprint density at radius 2 is 2.00 bits per heavy atom. The van der Waals surface area contributed by atoms with Crippen molar-refractivity contribution in [1.29, 1.82) is 0 Å². The minimum Gasteiger partial charge on any atom is -0.0925 e. The summed E-state index contributed by atoms with van der Waals surface area (Å²) < 4.78 is 0. The molecule has 0 bridgehead atoms. The molecule has 0 heterocycles. The summed E-state index contributed by atoms with van der Waals surface area (Å²) in [5.74, 6) is 0. The smallest absolute Gasteiger partial charge is 0.0925 e. The first-order chi connectivity index (χ1) is 1.91. The fraction of sp³-hybridized carbons (Fsp3) is 0.667. The van der Waals surface area contributed by atoms with Gasteiger partial charge in [-0.2, -0.15) is 0 Å². The molecule has 0 aliphatic rings. The second kappa shape index (κ2) is 8.89. The van der Waals surface area contributed by atoms with Gasteiger partial charge in [-0.15, -0.1) is 0 Å². The van der Waals surface area contributed by atoms with Gasteiger partial charge in [0.15, 0.2) is 17.4 Å². The van der Waals surface area contributed by atoms with Crippen LogP contribution < -0.4 is 0 Å². The van der Waals surface area contributed by atoms with Gasteiger partial charge in [0.25, 0.3) is 0 Å². The highest BCUT2D eigenvalue weighted by molar-refractivity contribution is 9.09. The fourth-order valence-electron chi connectivity index (χ4n) is 0. The summed E-state index contributed by atoms with van der Waals surface area (Å²) in [6.45, 7) is 2.01. The van der Waals surface area contributed by atoms with Crippen LogP contribution in [0.25, 0.3) is 0 Å². The molecule has 0 saturated heterocycles. The van der Waals surface area contributed by atoms with E-state index in [1.165, 1.54) is 0 Å². The predicted molar refractivity (Wildman–Crippen MR) is 33.7 cm³/mol. The molecule has 0 nitrogen and oxygen atoms in total. The lowest BCUT2D eigenvalue weighted by molar-refractivity contribution is 1.45. The molecule has 31 valence electrons. The summed E-state index contributed by atoms with van der Waals surface area (Å²) in [4.78, 5) is 0. The lowest BCUT2D eigenvalue weighted by Gasteiger charge is -1.65. The molecule has 0 aromatic carbocycles. The first-order valence-electron chi connectivity index (χ1n) is 1.25. The highest BCUT2D eigenvalue weighted by atomic mass is 79.9. The van der Waals surface area contributed by atoms with Gasteiger partial charge in [0.05, 0.1) is 0 Å². The molecular weight excluding hydrogens is 143 g/mol. The first kappa shape index (κ1) is 9.38. The van der Waals surface area contributed by atoms with Crippen molar-refractivity contribution in [1.82, 2.24) is 0 Å². The van der Waals surface area contributed by atoms with E-state index in [0.29, 0.717) is 0 Å². The molecule has 0 aromatic rings. The summed E-state index contributed by atoms with van der Waals surface area (Å²) in [6.07, 6.45) is 2.04. The van der Waals surface area contributed by atoms with E-state index in [0.717, 1.165) is 5.33 Å². The van der Waals surface area contributed by atoms with Crippen molar-refractivity contribution in [3.8, 4) is 0 Å². The van der Waals surface area contributed by atoms with E-state index in [1.54, 1.807) is 0 Å². The second-order valence-corrected chi connectivity index (χ2v) is 1.21. The third kappa shape index (κ3) is 11.2. The van der Waals surface area contributed by atoms with Crippen molar-refractivity contribution in [3.63, 3.8) is 0 Å². The molecule has 0 amide bonds. The van der Waals surface area contributed by atoms with Crippen LogP contribution in [-0.4, -0.2) is 22.7 Å². The van der Waals surface area contributed by atoms with E-state index in [9.17, 15) is 0 Å². The lowest BCUT2D eigenvalue weighted by Crippen LogP contribution is -1.56. The monoisotopic (exact) mass is 151 g/mol. The van der Waals surface area contributed by atoms with Crippen LogP contribution in [0.1, 0.15) is 6.92 Å². The van der Waals surface area contributed by atoms with Crippen LogP contribution in [0, 0.1) is 6.42 Å². The molecule has 0 aliphatic heterocycles. The van der Waals surface area contributed by atoms with Crippen LogP contribution in [0.15, 0.2) is 0 Å². The molecule has 1 radical (unpaired) electrons. The largest absolute Gasteiger partial charge is 0.187 e. The van der Waals surface area contributed by atoms with Crippen molar-refractivity contribution in [3.05, 3.63) is 6.42 Å². The molecule has 0 fully saturated rings. The summed E-state index contributed by atoms with van der Waals surface area (Å²) in [5, 5.41) is 1.01. The molecule has 0 atom stereocenters. The molecule has 2 heteroatoms. The third-order valence-electron chi connectivity index (χ3n) is 0.154. The Morgan fingerprint density at radius 3 is 2.00 bits per heavy atom. The third-order valence-corrected chi connectivity index (χ3v) is 0.802. The van der Waals surface area contributed by atoms with Gasteiger partial charge in [0.1, 0.15) is 0 Å². The van der Waals surface area contributed by atoms with E-state index < -0.39 is 0 Å². The maximum atomic E-state index is 3.19. The van der Waals surface area contributed by atoms with Crippen molar-refractivity contribution >= 4 is 33.3 Å². The Morgan fingerprint density at radius 1 is 1.80 bits per heavy atom. The van der Waals surface area contributed by atoms with Crippen LogP contribution in [0.4, 0.5) is 0 Å². The molecule has 0 saturated carbocycles. The number of alkyl halides is 1. The lowest BCUT2D eigenvalue weighted by atomic mass is 10.6. The normalized spacial score (nSPS) is 6.00. The van der Waals surface area contributed by atoms with Gasteiger partial charge in [0.2, 0.25) is 0 Å². The Kier molecular flexibility index (Phi) is 16.7. The summed E-state index contributed by atoms with van der Waals surface area (Å²) in [7, 11) is 0. The van der Waals surface area contributed by atoms with Gasteiger partial charge >= 0.3 is 0 Å². The topological polar surface area (TPSA) is 0 Å². The Balaban J connectivity index is 0. The predicted octanol–water partition coefficient (Wildman–Crippen LogP) is 0.422. The molecule has 5 heavy (non-hydrogen) atoms. The molecule has 0 N–H and O–H groups in total. The maximum absolute atomic E-state index is 3.19. The van der Waals surface area contributed by atoms with Crippen LogP contribution >= 0.6 is 15.9 Å². The zero-order valence-corrected chi connectivity index (χ0v) is 4.25. The zero-order valence-electron chi connectivity index (χ0n) is 2.66. The number of rotatable bonds is 1. The maximum Gasteiger partial charge on any atom is 0.187 e. The zero-order chi connectivity index (χ0) is 3.41. The van der Waals surface area contributed by atoms with Crippen molar-refractivity contribution in [2.75, 3.05) is 5.33 Å². The summed E-state index contributed by atoms with van der Waals surface area (Å²) in [5.41, 5.74) is 0. The van der Waals surface area contributed by atoms with Crippen molar-refractivity contribution < 1.29 is 0 Å². The molecule has 0 aromatic heterocycles. The minimum atomic E-state index is 0. The summed E-state index contributed by atoms with van der Waals surface area (Å²) >= 11 is 3.19. The first-order valence-corrected chi connectivity index (χ1v) is 2.37. The molecule has 0 spiro atoms. The fourth-order valence-corrected chi connectivity index (χ4v) is 0. The van der Waals surface area contributed by atoms with Gasteiger partial charge in [-0.05, 0) is 6.42 Å². The van der Waals surface area contributed by atoms with E-state index in [1.807, 2.05) is 13.3 Å². The standard InChI is InChI=1S/C3H6Br.Al.3H/c1-2-3-4;;;;/h2H,3H2,1H3;;;;. The number of hydrogen-bond acceptors (Lipinski definition) is 0. The highest BCUT2D eigenvalue weighted by Gasteiger charge is 1.59. The Bertz CT molecular complexity index is 8.85. The van der Waals surface area contributed by atoms with E-state index in [-0.39, 0.29) is 17.4 Å². The minimum absolute atomic E-state index is 0. The SMILES string of the molecule is C[CH]CBr.[AlH3]. The van der Waals surface area contributed by atoms with E-state index >= 15 is 0 Å². The van der Waals surface area contributed by atoms with Gasteiger partial charge < -0.3 is 0 Å². The Labute approximate surface area is 52.2 Å². The van der Waals surface area contributed by atoms with Gasteiger partial charge in [-0.3, -0.25) is 0 Å². The Hall–Kier alpha value is 1.01.